The van der Waals surface area contributed by atoms with Crippen LogP contribution < -0.4 is 16.0 Å². The fourth-order valence-corrected chi connectivity index (χ4v) is 4.64. The number of nitrogen functional groups attached to an aromatic ring is 1. The number of nitrogens with zero attached hydrogens (tertiary/aromatic N) is 5. The smallest absolute Gasteiger partial charge is 0.325 e. The number of amides is 4. The molecule has 194 valence electrons. The monoisotopic (exact) mass is 507 g/mol. The second kappa shape index (κ2) is 10.4. The normalized spacial score (nSPS) is 17.8. The lowest BCUT2D eigenvalue weighted by molar-refractivity contribution is -0.156. The number of likely N-dealkylation sites (tertiary alicyclic amines) is 1. The number of rotatable bonds is 7. The van der Waals surface area contributed by atoms with E-state index in [-0.39, 0.29) is 12.2 Å². The number of hydrogen-bond donors (Lipinski definition) is 2. The fraction of sp³-hybridized carbons (Fsp3) is 0.346. The van der Waals surface area contributed by atoms with E-state index in [0.717, 1.165) is 16.0 Å². The van der Waals surface area contributed by atoms with E-state index >= 15 is 0 Å². The number of benzene rings is 1. The molecule has 0 radical (unpaired) electrons. The van der Waals surface area contributed by atoms with Gasteiger partial charge in [0, 0.05) is 38.2 Å². The molecule has 0 aliphatic carbocycles. The molecule has 1 aliphatic heterocycles. The minimum Gasteiger partial charge on any atom is -0.384 e. The summed E-state index contributed by atoms with van der Waals surface area (Å²) in [6, 6.07) is 5.60. The van der Waals surface area contributed by atoms with Crippen molar-refractivity contribution in [3.05, 3.63) is 71.4 Å². The molecule has 4 rings (SSSR count). The highest BCUT2D eigenvalue weighted by Gasteiger charge is 2.55. The quantitative estimate of drug-likeness (QED) is 0.474. The molecule has 0 bridgehead atoms. The molecule has 3 heterocycles. The minimum atomic E-state index is -1.08. The molecule has 4 amide bonds. The number of aryl methyl sites for hydroxylation is 2. The van der Waals surface area contributed by atoms with Gasteiger partial charge in [-0.05, 0) is 49.1 Å². The van der Waals surface area contributed by atoms with Gasteiger partial charge in [-0.1, -0.05) is 19.1 Å². The van der Waals surface area contributed by atoms with Gasteiger partial charge in [0.15, 0.2) is 0 Å². The summed E-state index contributed by atoms with van der Waals surface area (Å²) >= 11 is 0. The maximum atomic E-state index is 14.6. The lowest BCUT2D eigenvalue weighted by atomic mass is 9.81. The molecular formula is C26H30FN7O3. The lowest BCUT2D eigenvalue weighted by Crippen LogP contribution is -2.70. The largest absolute Gasteiger partial charge is 0.384 e. The number of carbonyl (C=O) groups excluding carboxylic acids is 3. The van der Waals surface area contributed by atoms with Crippen molar-refractivity contribution in [2.45, 2.75) is 38.8 Å². The van der Waals surface area contributed by atoms with E-state index in [4.69, 9.17) is 5.73 Å². The number of urea groups is 1. The topological polar surface area (TPSA) is 126 Å². The highest BCUT2D eigenvalue weighted by atomic mass is 19.1. The van der Waals surface area contributed by atoms with Crippen LogP contribution in [0.25, 0.3) is 0 Å². The van der Waals surface area contributed by atoms with E-state index in [9.17, 15) is 18.8 Å². The number of anilines is 2. The first kappa shape index (κ1) is 25.8. The average Bonchev–Trinajstić information content (AvgIpc) is 3.29. The maximum Gasteiger partial charge on any atom is 0.325 e. The number of hydrogen-bond acceptors (Lipinski definition) is 6. The van der Waals surface area contributed by atoms with Crippen molar-refractivity contribution in [1.82, 2.24) is 24.8 Å². The van der Waals surface area contributed by atoms with Crippen molar-refractivity contribution in [2.24, 2.45) is 13.0 Å². The molecule has 1 aromatic carbocycles. The second-order valence-electron chi connectivity index (χ2n) is 9.22. The Hall–Kier alpha value is -4.28. The summed E-state index contributed by atoms with van der Waals surface area (Å²) in [6.07, 6.45) is 5.35. The van der Waals surface area contributed by atoms with Gasteiger partial charge in [0.2, 0.25) is 11.9 Å². The summed E-state index contributed by atoms with van der Waals surface area (Å²) < 4.78 is 16.3. The van der Waals surface area contributed by atoms with Gasteiger partial charge in [-0.15, -0.1) is 0 Å². The molecule has 3 aromatic rings. The van der Waals surface area contributed by atoms with Crippen LogP contribution in [-0.2, 0) is 23.1 Å². The molecule has 3 N–H and O–H groups in total. The lowest BCUT2D eigenvalue weighted by Gasteiger charge is -2.45. The third kappa shape index (κ3) is 5.02. The Labute approximate surface area is 214 Å². The van der Waals surface area contributed by atoms with Crippen molar-refractivity contribution < 1.29 is 18.8 Å². The number of nitrogens with one attached hydrogen (secondary N) is 1. The van der Waals surface area contributed by atoms with Gasteiger partial charge in [-0.2, -0.15) is 0 Å². The first-order chi connectivity index (χ1) is 17.6. The zero-order valence-electron chi connectivity index (χ0n) is 21.2. The Morgan fingerprint density at radius 1 is 1.22 bits per heavy atom. The number of likely N-dealkylation sites (N-methyl/N-ethyl adjacent to an activating group) is 1. The Kier molecular flexibility index (Phi) is 7.23. The van der Waals surface area contributed by atoms with Crippen LogP contribution in [0.1, 0.15) is 36.1 Å². The predicted octanol–water partition coefficient (Wildman–Crippen LogP) is 2.74. The molecule has 11 heteroatoms. The molecule has 2 aromatic heterocycles. The van der Waals surface area contributed by atoms with Crippen LogP contribution in [0.5, 0.6) is 0 Å². The zero-order chi connectivity index (χ0) is 26.9. The van der Waals surface area contributed by atoms with E-state index in [1.54, 1.807) is 69.2 Å². The molecule has 1 aliphatic rings. The van der Waals surface area contributed by atoms with E-state index in [1.165, 1.54) is 17.2 Å². The Morgan fingerprint density at radius 2 is 1.97 bits per heavy atom. The van der Waals surface area contributed by atoms with Crippen molar-refractivity contribution in [1.29, 1.82) is 0 Å². The van der Waals surface area contributed by atoms with Crippen LogP contribution in [0.4, 0.5) is 21.0 Å². The highest BCUT2D eigenvalue weighted by Crippen LogP contribution is 2.33. The van der Waals surface area contributed by atoms with Gasteiger partial charge in [-0.25, -0.2) is 19.2 Å². The van der Waals surface area contributed by atoms with Gasteiger partial charge in [0.05, 0.1) is 12.0 Å². The third-order valence-corrected chi connectivity index (χ3v) is 6.65. The summed E-state index contributed by atoms with van der Waals surface area (Å²) in [4.78, 5) is 50.6. The fourth-order valence-electron chi connectivity index (χ4n) is 4.64. The van der Waals surface area contributed by atoms with Crippen molar-refractivity contribution in [2.75, 3.05) is 17.7 Å². The van der Waals surface area contributed by atoms with Crippen molar-refractivity contribution in [3.63, 3.8) is 0 Å². The number of imidazole rings is 1. The maximum absolute atomic E-state index is 14.6. The summed E-state index contributed by atoms with van der Waals surface area (Å²) in [5.74, 6) is -1.55. The predicted molar refractivity (Wildman–Crippen MR) is 136 cm³/mol. The summed E-state index contributed by atoms with van der Waals surface area (Å²) in [5.41, 5.74) is 7.57. The number of nitrogens with two attached hydrogens (primary N) is 1. The second-order valence-corrected chi connectivity index (χ2v) is 9.22. The zero-order valence-corrected chi connectivity index (χ0v) is 21.2. The molecule has 0 spiro atoms. The van der Waals surface area contributed by atoms with E-state index in [2.05, 4.69) is 15.3 Å². The minimum absolute atomic E-state index is 0.198. The van der Waals surface area contributed by atoms with Crippen LogP contribution in [-0.4, -0.2) is 50.4 Å². The van der Waals surface area contributed by atoms with E-state index in [1.807, 2.05) is 0 Å². The standard InChI is InChI=1S/C26H30FN7O3/c1-5-20(17-7-6-15(2)12-19(17)27)31-26(37)34-22(24(36)33(4)25-30-10-11-32(25)3)18(23(34)35)13-16-8-9-29-21(28)14-16/h6-12,14,18,20,22H,5,13H2,1-4H3,(H2,28,29)(H,31,37)/t18-,20-,22+/m1/s1. The SMILES string of the molecule is CC[C@@H](NC(=O)N1C(=O)[C@H](Cc2ccnc(N)c2)[C@H]1C(=O)N(C)c1nccn1C)c1ccc(C)cc1F. The number of carbonyl (C=O) groups is 3. The van der Waals surface area contributed by atoms with Crippen LogP contribution >= 0.6 is 0 Å². The first-order valence-corrected chi connectivity index (χ1v) is 12.0. The van der Waals surface area contributed by atoms with Crippen LogP contribution in [0.2, 0.25) is 0 Å². The number of pyridine rings is 1. The Bertz CT molecular complexity index is 1340. The molecule has 3 atom stereocenters. The molecule has 0 saturated carbocycles. The summed E-state index contributed by atoms with van der Waals surface area (Å²) in [7, 11) is 3.28. The molecule has 0 unspecified atom stereocenters. The molecule has 1 fully saturated rings. The van der Waals surface area contributed by atoms with Crippen LogP contribution in [0.3, 0.4) is 0 Å². The highest BCUT2D eigenvalue weighted by molar-refractivity contribution is 6.12. The molecule has 10 nitrogen and oxygen atoms in total. The van der Waals surface area contributed by atoms with E-state index in [0.29, 0.717) is 17.9 Å². The van der Waals surface area contributed by atoms with Gasteiger partial charge in [-0.3, -0.25) is 19.4 Å². The average molecular weight is 508 g/mol. The van der Waals surface area contributed by atoms with E-state index < -0.39 is 41.7 Å². The number of aromatic nitrogens is 3. The first-order valence-electron chi connectivity index (χ1n) is 12.0. The molecule has 1 saturated heterocycles. The molecule has 37 heavy (non-hydrogen) atoms. The van der Waals surface area contributed by atoms with Gasteiger partial charge < -0.3 is 15.6 Å². The summed E-state index contributed by atoms with van der Waals surface area (Å²) in [6.45, 7) is 3.58. The third-order valence-electron chi connectivity index (χ3n) is 6.65. The van der Waals surface area contributed by atoms with Crippen molar-refractivity contribution in [3.8, 4) is 0 Å². The number of imide groups is 1. The number of halogens is 1. The van der Waals surface area contributed by atoms with Crippen LogP contribution in [0, 0.1) is 18.7 Å². The van der Waals surface area contributed by atoms with Crippen molar-refractivity contribution >= 4 is 29.6 Å². The van der Waals surface area contributed by atoms with Gasteiger partial charge in [0.25, 0.3) is 5.91 Å². The Morgan fingerprint density at radius 3 is 2.59 bits per heavy atom. The van der Waals surface area contributed by atoms with Crippen LogP contribution in [0.15, 0.2) is 48.9 Å². The Balaban J connectivity index is 1.61. The molecular weight excluding hydrogens is 477 g/mol. The van der Waals surface area contributed by atoms with Gasteiger partial charge in [0.1, 0.15) is 17.7 Å². The summed E-state index contributed by atoms with van der Waals surface area (Å²) in [5, 5.41) is 2.74. The van der Waals surface area contributed by atoms with Gasteiger partial charge >= 0.3 is 6.03 Å². The number of β-lactam (4-membered cyclic amide) rings is 1.